The summed E-state index contributed by atoms with van der Waals surface area (Å²) in [6, 6.07) is 5.93. The van der Waals surface area contributed by atoms with Crippen molar-refractivity contribution in [3.63, 3.8) is 0 Å². The Bertz CT molecular complexity index is 493. The molecule has 2 aromatic rings. The summed E-state index contributed by atoms with van der Waals surface area (Å²) in [5.41, 5.74) is 3.05. The lowest BCUT2D eigenvalue weighted by Crippen LogP contribution is -2.28. The van der Waals surface area contributed by atoms with Gasteiger partial charge in [0.05, 0.1) is 17.4 Å². The molecular weight excluding hydrogens is 206 g/mol. The van der Waals surface area contributed by atoms with E-state index in [0.717, 1.165) is 23.0 Å². The molecule has 0 aliphatic carbocycles. The summed E-state index contributed by atoms with van der Waals surface area (Å²) in [5.74, 6) is -0.345. The second-order valence-corrected chi connectivity index (χ2v) is 3.51. The van der Waals surface area contributed by atoms with Gasteiger partial charge in [0.15, 0.2) is 0 Å². The van der Waals surface area contributed by atoms with Crippen molar-refractivity contribution in [1.82, 2.24) is 15.3 Å². The summed E-state index contributed by atoms with van der Waals surface area (Å²) < 4.78 is 0. The summed E-state index contributed by atoms with van der Waals surface area (Å²) in [7, 11) is 0. The molecule has 84 valence electrons. The molecule has 1 amide bonds. The largest absolute Gasteiger partial charge is 0.387 e. The van der Waals surface area contributed by atoms with Crippen molar-refractivity contribution in [2.24, 2.45) is 0 Å². The number of H-pyrrole nitrogens is 1. The number of aliphatic hydroxyl groups excluding tert-OH is 1. The van der Waals surface area contributed by atoms with E-state index in [9.17, 15) is 4.79 Å². The summed E-state index contributed by atoms with van der Waals surface area (Å²) >= 11 is 0. The second kappa shape index (κ2) is 4.76. The highest BCUT2D eigenvalue weighted by Gasteiger charge is 2.00. The Labute approximate surface area is 92.5 Å². The van der Waals surface area contributed by atoms with E-state index in [0.29, 0.717) is 6.54 Å². The SMILES string of the molecule is O=C(CO)NCCc1ccc2nc[nH]c2c1. The third-order valence-corrected chi connectivity index (χ3v) is 2.36. The lowest BCUT2D eigenvalue weighted by atomic mass is 10.1. The maximum absolute atomic E-state index is 10.8. The molecule has 5 heteroatoms. The van der Waals surface area contributed by atoms with Gasteiger partial charge in [0.1, 0.15) is 6.61 Å². The minimum atomic E-state index is -0.459. The van der Waals surface area contributed by atoms with E-state index in [1.807, 2.05) is 18.2 Å². The van der Waals surface area contributed by atoms with E-state index in [4.69, 9.17) is 5.11 Å². The van der Waals surface area contributed by atoms with Gasteiger partial charge in [0, 0.05) is 6.54 Å². The van der Waals surface area contributed by atoms with Gasteiger partial charge in [0.25, 0.3) is 0 Å². The van der Waals surface area contributed by atoms with Gasteiger partial charge in [-0.1, -0.05) is 6.07 Å². The highest BCUT2D eigenvalue weighted by Crippen LogP contribution is 2.11. The van der Waals surface area contributed by atoms with E-state index in [-0.39, 0.29) is 5.91 Å². The number of aromatic amines is 1. The third kappa shape index (κ3) is 2.38. The van der Waals surface area contributed by atoms with Gasteiger partial charge in [-0.3, -0.25) is 4.79 Å². The lowest BCUT2D eigenvalue weighted by molar-refractivity contribution is -0.123. The second-order valence-electron chi connectivity index (χ2n) is 3.51. The van der Waals surface area contributed by atoms with Gasteiger partial charge in [-0.2, -0.15) is 0 Å². The molecule has 0 bridgehead atoms. The van der Waals surface area contributed by atoms with Crippen LogP contribution in [0.4, 0.5) is 0 Å². The molecule has 0 unspecified atom stereocenters. The van der Waals surface area contributed by atoms with Crippen LogP contribution in [0, 0.1) is 0 Å². The van der Waals surface area contributed by atoms with Crippen LogP contribution in [-0.4, -0.2) is 34.1 Å². The average Bonchev–Trinajstić information content (AvgIpc) is 2.76. The standard InChI is InChI=1S/C11H13N3O2/c15-6-11(16)12-4-3-8-1-2-9-10(5-8)14-7-13-9/h1-2,5,7,15H,3-4,6H2,(H,12,16)(H,13,14). The van der Waals surface area contributed by atoms with Gasteiger partial charge in [-0.15, -0.1) is 0 Å². The third-order valence-electron chi connectivity index (χ3n) is 2.36. The molecule has 0 saturated heterocycles. The number of hydrogen-bond acceptors (Lipinski definition) is 3. The molecular formula is C11H13N3O2. The van der Waals surface area contributed by atoms with Crippen LogP contribution in [-0.2, 0) is 11.2 Å². The first kappa shape index (κ1) is 10.6. The smallest absolute Gasteiger partial charge is 0.245 e. The van der Waals surface area contributed by atoms with Crippen LogP contribution in [0.3, 0.4) is 0 Å². The molecule has 16 heavy (non-hydrogen) atoms. The van der Waals surface area contributed by atoms with Crippen molar-refractivity contribution in [1.29, 1.82) is 0 Å². The van der Waals surface area contributed by atoms with E-state index >= 15 is 0 Å². The predicted octanol–water partition coefficient (Wildman–Crippen LogP) is 0.214. The Morgan fingerprint density at radius 2 is 2.38 bits per heavy atom. The zero-order valence-electron chi connectivity index (χ0n) is 8.73. The minimum Gasteiger partial charge on any atom is -0.387 e. The van der Waals surface area contributed by atoms with Crippen molar-refractivity contribution in [2.45, 2.75) is 6.42 Å². The lowest BCUT2D eigenvalue weighted by Gasteiger charge is -2.03. The summed E-state index contributed by atoms with van der Waals surface area (Å²) in [5, 5.41) is 11.1. The number of nitrogens with zero attached hydrogens (tertiary/aromatic N) is 1. The van der Waals surface area contributed by atoms with Crippen molar-refractivity contribution in [3.05, 3.63) is 30.1 Å². The maximum atomic E-state index is 10.8. The number of carbonyl (C=O) groups excluding carboxylic acids is 1. The Hall–Kier alpha value is -1.88. The number of nitrogens with one attached hydrogen (secondary N) is 2. The highest BCUT2D eigenvalue weighted by atomic mass is 16.3. The number of fused-ring (bicyclic) bond motifs is 1. The summed E-state index contributed by atoms with van der Waals surface area (Å²) in [4.78, 5) is 18.0. The van der Waals surface area contributed by atoms with E-state index < -0.39 is 6.61 Å². The van der Waals surface area contributed by atoms with Crippen LogP contribution in [0.2, 0.25) is 0 Å². The molecule has 2 rings (SSSR count). The molecule has 5 nitrogen and oxygen atoms in total. The number of imidazole rings is 1. The molecule has 0 fully saturated rings. The predicted molar refractivity (Wildman–Crippen MR) is 59.9 cm³/mol. The maximum Gasteiger partial charge on any atom is 0.245 e. The molecule has 0 aliphatic rings. The topological polar surface area (TPSA) is 78.0 Å². The quantitative estimate of drug-likeness (QED) is 0.688. The van der Waals surface area contributed by atoms with E-state index in [2.05, 4.69) is 15.3 Å². The molecule has 1 aromatic heterocycles. The van der Waals surface area contributed by atoms with Gasteiger partial charge in [0.2, 0.25) is 5.91 Å². The van der Waals surface area contributed by atoms with Crippen molar-refractivity contribution < 1.29 is 9.90 Å². The Morgan fingerprint density at radius 1 is 1.50 bits per heavy atom. The molecule has 0 saturated carbocycles. The number of carbonyl (C=O) groups is 1. The number of rotatable bonds is 4. The van der Waals surface area contributed by atoms with Crippen LogP contribution in [0.25, 0.3) is 11.0 Å². The first-order valence-corrected chi connectivity index (χ1v) is 5.09. The molecule has 0 aliphatic heterocycles. The highest BCUT2D eigenvalue weighted by molar-refractivity contribution is 5.77. The van der Waals surface area contributed by atoms with Gasteiger partial charge in [-0.25, -0.2) is 4.98 Å². The molecule has 0 spiro atoms. The van der Waals surface area contributed by atoms with Crippen molar-refractivity contribution >= 4 is 16.9 Å². The molecule has 1 aromatic carbocycles. The molecule has 0 atom stereocenters. The van der Waals surface area contributed by atoms with Crippen LogP contribution in [0.15, 0.2) is 24.5 Å². The number of aliphatic hydroxyl groups is 1. The monoisotopic (exact) mass is 219 g/mol. The number of hydrogen-bond donors (Lipinski definition) is 3. The fraction of sp³-hybridized carbons (Fsp3) is 0.273. The Kier molecular flexibility index (Phi) is 3.16. The van der Waals surface area contributed by atoms with Crippen LogP contribution < -0.4 is 5.32 Å². The number of amides is 1. The Morgan fingerprint density at radius 3 is 3.19 bits per heavy atom. The van der Waals surface area contributed by atoms with E-state index in [1.54, 1.807) is 6.33 Å². The normalized spacial score (nSPS) is 10.6. The van der Waals surface area contributed by atoms with E-state index in [1.165, 1.54) is 0 Å². The zero-order valence-corrected chi connectivity index (χ0v) is 8.73. The van der Waals surface area contributed by atoms with Crippen LogP contribution >= 0.6 is 0 Å². The van der Waals surface area contributed by atoms with Crippen LogP contribution in [0.5, 0.6) is 0 Å². The molecule has 1 heterocycles. The molecule has 0 radical (unpaired) electrons. The minimum absolute atomic E-state index is 0.345. The van der Waals surface area contributed by atoms with Gasteiger partial charge >= 0.3 is 0 Å². The van der Waals surface area contributed by atoms with Gasteiger partial charge in [-0.05, 0) is 24.1 Å². The van der Waals surface area contributed by atoms with Crippen molar-refractivity contribution in [2.75, 3.05) is 13.2 Å². The van der Waals surface area contributed by atoms with Gasteiger partial charge < -0.3 is 15.4 Å². The fourth-order valence-corrected chi connectivity index (χ4v) is 1.54. The summed E-state index contributed by atoms with van der Waals surface area (Å²) in [6.07, 6.45) is 2.39. The first-order valence-electron chi connectivity index (χ1n) is 5.09. The Balaban J connectivity index is 1.96. The average molecular weight is 219 g/mol. The fourth-order valence-electron chi connectivity index (χ4n) is 1.54. The zero-order chi connectivity index (χ0) is 11.4. The van der Waals surface area contributed by atoms with Crippen molar-refractivity contribution in [3.8, 4) is 0 Å². The number of benzene rings is 1. The first-order chi connectivity index (χ1) is 7.79. The van der Waals surface area contributed by atoms with Crippen LogP contribution in [0.1, 0.15) is 5.56 Å². The number of aromatic nitrogens is 2. The molecule has 3 N–H and O–H groups in total. The summed E-state index contributed by atoms with van der Waals surface area (Å²) in [6.45, 7) is 0.0681.